The van der Waals surface area contributed by atoms with Gasteiger partial charge in [0.15, 0.2) is 9.84 Å². The number of benzene rings is 1. The monoisotopic (exact) mass is 307 g/mol. The van der Waals surface area contributed by atoms with Crippen molar-refractivity contribution in [3.05, 3.63) is 35.9 Å². The van der Waals surface area contributed by atoms with E-state index in [-0.39, 0.29) is 6.10 Å². The molecule has 0 aromatic heterocycles. The molecule has 0 bridgehead atoms. The Balaban J connectivity index is 1.68. The molecule has 0 radical (unpaired) electrons. The minimum absolute atomic E-state index is 0.275. The number of hydrogen-bond donors (Lipinski definition) is 1. The number of sulfone groups is 1. The van der Waals surface area contributed by atoms with Crippen molar-refractivity contribution in [3.8, 4) is 0 Å². The highest BCUT2D eigenvalue weighted by Gasteiger charge is 2.28. The lowest BCUT2D eigenvalue weighted by Gasteiger charge is -2.28. The van der Waals surface area contributed by atoms with Gasteiger partial charge in [-0.2, -0.15) is 0 Å². The third-order valence-corrected chi connectivity index (χ3v) is 5.42. The summed E-state index contributed by atoms with van der Waals surface area (Å²) in [5.41, 5.74) is 0.957. The van der Waals surface area contributed by atoms with Crippen molar-refractivity contribution in [2.75, 3.05) is 19.3 Å². The quantitative estimate of drug-likeness (QED) is 0.930. The molecule has 1 N–H and O–H groups in total. The summed E-state index contributed by atoms with van der Waals surface area (Å²) in [5, 5.41) is 3.37. The second-order valence-corrected chi connectivity index (χ2v) is 7.86. The summed E-state index contributed by atoms with van der Waals surface area (Å²) in [6.07, 6.45) is 6.91. The Morgan fingerprint density at radius 3 is 2.43 bits per heavy atom. The Kier molecular flexibility index (Phi) is 4.04. The largest absolute Gasteiger partial charge is 0.490 e. The van der Waals surface area contributed by atoms with Gasteiger partial charge in [0.05, 0.1) is 4.90 Å². The van der Waals surface area contributed by atoms with Gasteiger partial charge in [0, 0.05) is 18.2 Å². The minimum atomic E-state index is -3.14. The van der Waals surface area contributed by atoms with Crippen molar-refractivity contribution in [3.63, 3.8) is 0 Å². The standard InChI is InChI=1S/C16H21NO3S/c1-21(18,19)14-4-2-12(3-5-14)15-6-7-16(20-15)13-8-10-17-11-9-13/h2-6,13,16-17H,7-11H2,1H3. The van der Waals surface area contributed by atoms with Gasteiger partial charge >= 0.3 is 0 Å². The van der Waals surface area contributed by atoms with Gasteiger partial charge in [0.1, 0.15) is 11.9 Å². The molecule has 1 fully saturated rings. The first-order valence-corrected chi connectivity index (χ1v) is 9.31. The molecule has 1 aromatic carbocycles. The highest BCUT2D eigenvalue weighted by molar-refractivity contribution is 7.90. The molecule has 0 amide bonds. The maximum absolute atomic E-state index is 11.5. The van der Waals surface area contributed by atoms with Crippen LogP contribution in [0.5, 0.6) is 0 Å². The van der Waals surface area contributed by atoms with Crippen LogP contribution in [0.25, 0.3) is 5.76 Å². The summed E-state index contributed by atoms with van der Waals surface area (Å²) in [6.45, 7) is 2.14. The van der Waals surface area contributed by atoms with Crippen LogP contribution in [-0.2, 0) is 14.6 Å². The van der Waals surface area contributed by atoms with Crippen molar-refractivity contribution < 1.29 is 13.2 Å². The lowest BCUT2D eigenvalue weighted by atomic mass is 9.91. The summed E-state index contributed by atoms with van der Waals surface area (Å²) >= 11 is 0. The molecule has 2 heterocycles. The Hall–Kier alpha value is -1.33. The first-order chi connectivity index (χ1) is 10.0. The first kappa shape index (κ1) is 14.6. The van der Waals surface area contributed by atoms with Crippen LogP contribution in [0.15, 0.2) is 35.2 Å². The summed E-state index contributed by atoms with van der Waals surface area (Å²) in [6, 6.07) is 6.94. The molecule has 0 spiro atoms. The van der Waals surface area contributed by atoms with Crippen molar-refractivity contribution >= 4 is 15.6 Å². The summed E-state index contributed by atoms with van der Waals surface area (Å²) < 4.78 is 29.0. The molecule has 1 atom stereocenters. The highest BCUT2D eigenvalue weighted by Crippen LogP contribution is 2.33. The van der Waals surface area contributed by atoms with Crippen LogP contribution < -0.4 is 5.32 Å². The van der Waals surface area contributed by atoms with Crippen molar-refractivity contribution in [1.82, 2.24) is 5.32 Å². The summed E-state index contributed by atoms with van der Waals surface area (Å²) in [7, 11) is -3.14. The van der Waals surface area contributed by atoms with E-state index < -0.39 is 9.84 Å². The third-order valence-electron chi connectivity index (χ3n) is 4.29. The van der Waals surface area contributed by atoms with Gasteiger partial charge in [-0.3, -0.25) is 0 Å². The van der Waals surface area contributed by atoms with E-state index in [1.807, 2.05) is 12.1 Å². The number of piperidine rings is 1. The number of hydrogen-bond acceptors (Lipinski definition) is 4. The Morgan fingerprint density at radius 2 is 1.81 bits per heavy atom. The average Bonchev–Trinajstić information content (AvgIpc) is 2.97. The molecular weight excluding hydrogens is 286 g/mol. The Morgan fingerprint density at radius 1 is 1.14 bits per heavy atom. The Bertz CT molecular complexity index is 628. The highest BCUT2D eigenvalue weighted by atomic mass is 32.2. The van der Waals surface area contributed by atoms with Gasteiger partial charge in [-0.25, -0.2) is 8.42 Å². The molecular formula is C16H21NO3S. The van der Waals surface area contributed by atoms with Crippen molar-refractivity contribution in [2.45, 2.75) is 30.3 Å². The zero-order chi connectivity index (χ0) is 14.9. The molecule has 1 aromatic rings. The van der Waals surface area contributed by atoms with Gasteiger partial charge in [-0.1, -0.05) is 0 Å². The molecule has 3 rings (SSSR count). The van der Waals surface area contributed by atoms with E-state index in [9.17, 15) is 8.42 Å². The summed E-state index contributed by atoms with van der Waals surface area (Å²) in [5.74, 6) is 1.51. The summed E-state index contributed by atoms with van der Waals surface area (Å²) in [4.78, 5) is 0.347. The van der Waals surface area contributed by atoms with E-state index in [0.29, 0.717) is 10.8 Å². The molecule has 21 heavy (non-hydrogen) atoms. The number of rotatable bonds is 3. The number of ether oxygens (including phenoxy) is 1. The van der Waals surface area contributed by atoms with Crippen LogP contribution in [0.2, 0.25) is 0 Å². The molecule has 0 saturated carbocycles. The van der Waals surface area contributed by atoms with Crippen LogP contribution in [-0.4, -0.2) is 33.9 Å². The fourth-order valence-corrected chi connectivity index (χ4v) is 3.67. The van der Waals surface area contributed by atoms with Gasteiger partial charge in [0.2, 0.25) is 0 Å². The molecule has 114 valence electrons. The maximum atomic E-state index is 11.5. The fourth-order valence-electron chi connectivity index (χ4n) is 3.04. The first-order valence-electron chi connectivity index (χ1n) is 7.42. The maximum Gasteiger partial charge on any atom is 0.175 e. The van der Waals surface area contributed by atoms with E-state index in [2.05, 4.69) is 11.4 Å². The van der Waals surface area contributed by atoms with Crippen LogP contribution in [0.3, 0.4) is 0 Å². The van der Waals surface area contributed by atoms with Gasteiger partial charge in [-0.15, -0.1) is 0 Å². The zero-order valence-electron chi connectivity index (χ0n) is 12.2. The molecule has 0 aliphatic carbocycles. The van der Waals surface area contributed by atoms with E-state index in [4.69, 9.17) is 4.74 Å². The molecule has 5 heteroatoms. The van der Waals surface area contributed by atoms with Crippen LogP contribution in [0.1, 0.15) is 24.8 Å². The molecule has 4 nitrogen and oxygen atoms in total. The lowest BCUT2D eigenvalue weighted by Crippen LogP contribution is -2.33. The van der Waals surface area contributed by atoms with Crippen LogP contribution >= 0.6 is 0 Å². The zero-order valence-corrected chi connectivity index (χ0v) is 13.0. The smallest absolute Gasteiger partial charge is 0.175 e. The molecule has 1 saturated heterocycles. The Labute approximate surface area is 126 Å². The van der Waals surface area contributed by atoms with Crippen molar-refractivity contribution in [1.29, 1.82) is 0 Å². The predicted octanol–water partition coefficient (Wildman–Crippen LogP) is 2.22. The second-order valence-electron chi connectivity index (χ2n) is 5.84. The molecule has 2 aliphatic heterocycles. The molecule has 2 aliphatic rings. The van der Waals surface area contributed by atoms with Crippen LogP contribution in [0.4, 0.5) is 0 Å². The number of nitrogens with one attached hydrogen (secondary N) is 1. The van der Waals surface area contributed by atoms with Gasteiger partial charge in [-0.05, 0) is 62.2 Å². The van der Waals surface area contributed by atoms with E-state index >= 15 is 0 Å². The van der Waals surface area contributed by atoms with Crippen molar-refractivity contribution in [2.24, 2.45) is 5.92 Å². The van der Waals surface area contributed by atoms with E-state index in [1.165, 1.54) is 19.1 Å². The fraction of sp³-hybridized carbons (Fsp3) is 0.500. The SMILES string of the molecule is CS(=O)(=O)c1ccc(C2=CCC(C3CCNCC3)O2)cc1. The van der Waals surface area contributed by atoms with Gasteiger partial charge in [0.25, 0.3) is 0 Å². The van der Waals surface area contributed by atoms with E-state index in [1.54, 1.807) is 12.1 Å². The third kappa shape index (κ3) is 3.30. The normalized spacial score (nSPS) is 23.7. The predicted molar refractivity (Wildman–Crippen MR) is 82.6 cm³/mol. The van der Waals surface area contributed by atoms with Gasteiger partial charge < -0.3 is 10.1 Å². The minimum Gasteiger partial charge on any atom is -0.490 e. The van der Waals surface area contributed by atoms with Crippen LogP contribution in [0, 0.1) is 5.92 Å². The van der Waals surface area contributed by atoms with E-state index in [0.717, 1.165) is 30.8 Å². The molecule has 1 unspecified atom stereocenters. The topological polar surface area (TPSA) is 55.4 Å². The lowest BCUT2D eigenvalue weighted by molar-refractivity contribution is 0.104. The average molecular weight is 307 g/mol. The second kappa shape index (κ2) is 5.81.